The van der Waals surface area contributed by atoms with E-state index in [0.29, 0.717) is 12.5 Å². The van der Waals surface area contributed by atoms with Gasteiger partial charge in [0.05, 0.1) is 0 Å². The SMILES string of the molecule is O=C(O)NCC1CCN(CC2CCOCC2)CC1. The molecule has 2 aliphatic rings. The van der Waals surface area contributed by atoms with Crippen LogP contribution in [-0.2, 0) is 4.74 Å². The van der Waals surface area contributed by atoms with Gasteiger partial charge in [-0.3, -0.25) is 0 Å². The third-order valence-corrected chi connectivity index (χ3v) is 4.11. The molecule has 0 unspecified atom stereocenters. The summed E-state index contributed by atoms with van der Waals surface area (Å²) in [5, 5.41) is 11.1. The number of nitrogens with zero attached hydrogens (tertiary/aromatic N) is 1. The number of nitrogens with one attached hydrogen (secondary N) is 1. The van der Waals surface area contributed by atoms with Gasteiger partial charge in [-0.2, -0.15) is 0 Å². The minimum absolute atomic E-state index is 0.520. The van der Waals surface area contributed by atoms with Crippen LogP contribution >= 0.6 is 0 Å². The van der Waals surface area contributed by atoms with Crippen LogP contribution in [0.4, 0.5) is 4.79 Å². The summed E-state index contributed by atoms with van der Waals surface area (Å²) in [5.41, 5.74) is 0. The Hall–Kier alpha value is -0.810. The molecular weight excluding hydrogens is 232 g/mol. The van der Waals surface area contributed by atoms with E-state index in [4.69, 9.17) is 9.84 Å². The maximum absolute atomic E-state index is 10.4. The van der Waals surface area contributed by atoms with Gasteiger partial charge >= 0.3 is 6.09 Å². The summed E-state index contributed by atoms with van der Waals surface area (Å²) in [6.45, 7) is 5.88. The smallest absolute Gasteiger partial charge is 0.404 e. The fraction of sp³-hybridized carbons (Fsp3) is 0.923. The van der Waals surface area contributed by atoms with Gasteiger partial charge in [0.25, 0.3) is 0 Å². The molecule has 0 aromatic rings. The van der Waals surface area contributed by atoms with E-state index in [2.05, 4.69) is 10.2 Å². The molecule has 104 valence electrons. The number of likely N-dealkylation sites (tertiary alicyclic amines) is 1. The molecule has 18 heavy (non-hydrogen) atoms. The molecule has 0 bridgehead atoms. The number of amides is 1. The van der Waals surface area contributed by atoms with E-state index >= 15 is 0 Å². The topological polar surface area (TPSA) is 61.8 Å². The van der Waals surface area contributed by atoms with Crippen LogP contribution in [0.2, 0.25) is 0 Å². The highest BCUT2D eigenvalue weighted by atomic mass is 16.5. The van der Waals surface area contributed by atoms with Crippen molar-refractivity contribution in [3.63, 3.8) is 0 Å². The molecule has 5 heteroatoms. The Labute approximate surface area is 108 Å². The lowest BCUT2D eigenvalue weighted by atomic mass is 9.94. The van der Waals surface area contributed by atoms with E-state index in [1.807, 2.05) is 0 Å². The molecule has 2 saturated heterocycles. The van der Waals surface area contributed by atoms with Gasteiger partial charge in [0.2, 0.25) is 0 Å². The van der Waals surface area contributed by atoms with Crippen molar-refractivity contribution in [2.24, 2.45) is 11.8 Å². The summed E-state index contributed by atoms with van der Waals surface area (Å²) in [4.78, 5) is 13.0. The summed E-state index contributed by atoms with van der Waals surface area (Å²) < 4.78 is 5.38. The zero-order valence-electron chi connectivity index (χ0n) is 10.9. The van der Waals surface area contributed by atoms with E-state index in [1.54, 1.807) is 0 Å². The Morgan fingerprint density at radius 2 is 1.83 bits per heavy atom. The molecule has 0 aromatic carbocycles. The summed E-state index contributed by atoms with van der Waals surface area (Å²) in [5.74, 6) is 1.32. The third kappa shape index (κ3) is 4.46. The Kier molecular flexibility index (Phi) is 5.26. The minimum atomic E-state index is -0.903. The lowest BCUT2D eigenvalue weighted by Crippen LogP contribution is -2.41. The molecule has 0 atom stereocenters. The second-order valence-corrected chi connectivity index (χ2v) is 5.49. The highest BCUT2D eigenvalue weighted by Gasteiger charge is 2.23. The standard InChI is InChI=1S/C13H24N2O3/c16-13(17)14-9-11-1-5-15(6-2-11)10-12-3-7-18-8-4-12/h11-12,14H,1-10H2,(H,16,17). The molecule has 2 aliphatic heterocycles. The van der Waals surface area contributed by atoms with Gasteiger partial charge < -0.3 is 20.1 Å². The van der Waals surface area contributed by atoms with Crippen molar-refractivity contribution in [1.29, 1.82) is 0 Å². The number of piperidine rings is 1. The van der Waals surface area contributed by atoms with Crippen molar-refractivity contribution in [1.82, 2.24) is 10.2 Å². The van der Waals surface area contributed by atoms with Crippen LogP contribution in [0.25, 0.3) is 0 Å². The number of hydrogen-bond donors (Lipinski definition) is 2. The molecule has 5 nitrogen and oxygen atoms in total. The van der Waals surface area contributed by atoms with Crippen molar-refractivity contribution in [2.75, 3.05) is 39.4 Å². The molecule has 2 heterocycles. The van der Waals surface area contributed by atoms with Crippen LogP contribution in [-0.4, -0.2) is 55.5 Å². The fourth-order valence-corrected chi connectivity index (χ4v) is 2.90. The number of rotatable bonds is 4. The Morgan fingerprint density at radius 3 is 2.44 bits per heavy atom. The number of carbonyl (C=O) groups is 1. The predicted molar refractivity (Wildman–Crippen MR) is 68.7 cm³/mol. The highest BCUT2D eigenvalue weighted by Crippen LogP contribution is 2.21. The summed E-state index contributed by atoms with van der Waals surface area (Å²) in [6, 6.07) is 0. The van der Waals surface area contributed by atoms with Crippen molar-refractivity contribution in [2.45, 2.75) is 25.7 Å². The van der Waals surface area contributed by atoms with E-state index in [0.717, 1.165) is 45.1 Å². The van der Waals surface area contributed by atoms with Gasteiger partial charge in [0.1, 0.15) is 0 Å². The Balaban J connectivity index is 1.62. The van der Waals surface area contributed by atoms with Crippen LogP contribution < -0.4 is 5.32 Å². The highest BCUT2D eigenvalue weighted by molar-refractivity contribution is 5.64. The number of carboxylic acid groups (broad SMARTS) is 1. The molecule has 2 rings (SSSR count). The van der Waals surface area contributed by atoms with Crippen molar-refractivity contribution >= 4 is 6.09 Å². The predicted octanol–water partition coefficient (Wildman–Crippen LogP) is 1.39. The van der Waals surface area contributed by atoms with Gasteiger partial charge in [-0.25, -0.2) is 4.79 Å². The number of ether oxygens (including phenoxy) is 1. The first kappa shape index (κ1) is 13.6. The first-order valence-corrected chi connectivity index (χ1v) is 7.01. The average molecular weight is 256 g/mol. The molecular formula is C13H24N2O3. The maximum Gasteiger partial charge on any atom is 0.404 e. The normalized spacial score (nSPS) is 24.0. The summed E-state index contributed by atoms with van der Waals surface area (Å²) in [6.07, 6.45) is 3.72. The quantitative estimate of drug-likeness (QED) is 0.798. The average Bonchev–Trinajstić information content (AvgIpc) is 2.39. The summed E-state index contributed by atoms with van der Waals surface area (Å²) in [7, 11) is 0. The van der Waals surface area contributed by atoms with Crippen molar-refractivity contribution in [3.8, 4) is 0 Å². The Morgan fingerprint density at radius 1 is 1.17 bits per heavy atom. The van der Waals surface area contributed by atoms with Crippen LogP contribution in [0.1, 0.15) is 25.7 Å². The second kappa shape index (κ2) is 6.95. The first-order valence-electron chi connectivity index (χ1n) is 7.01. The zero-order chi connectivity index (χ0) is 12.8. The van der Waals surface area contributed by atoms with Gasteiger partial charge in [-0.15, -0.1) is 0 Å². The Bertz CT molecular complexity index is 259. The molecule has 0 spiro atoms. The molecule has 0 radical (unpaired) electrons. The second-order valence-electron chi connectivity index (χ2n) is 5.49. The monoisotopic (exact) mass is 256 g/mol. The van der Waals surface area contributed by atoms with E-state index in [9.17, 15) is 4.79 Å². The van der Waals surface area contributed by atoms with E-state index < -0.39 is 6.09 Å². The molecule has 0 aliphatic carbocycles. The molecule has 2 N–H and O–H groups in total. The first-order chi connectivity index (χ1) is 8.74. The van der Waals surface area contributed by atoms with E-state index in [-0.39, 0.29) is 0 Å². The largest absolute Gasteiger partial charge is 0.465 e. The lowest BCUT2D eigenvalue weighted by molar-refractivity contribution is 0.0468. The number of hydrogen-bond acceptors (Lipinski definition) is 3. The molecule has 1 amide bonds. The molecule has 0 aromatic heterocycles. The third-order valence-electron chi connectivity index (χ3n) is 4.11. The van der Waals surface area contributed by atoms with Crippen LogP contribution in [0.5, 0.6) is 0 Å². The van der Waals surface area contributed by atoms with Gasteiger partial charge in [-0.1, -0.05) is 0 Å². The van der Waals surface area contributed by atoms with Gasteiger partial charge in [-0.05, 0) is 50.6 Å². The van der Waals surface area contributed by atoms with Gasteiger partial charge in [0, 0.05) is 26.3 Å². The zero-order valence-corrected chi connectivity index (χ0v) is 10.9. The van der Waals surface area contributed by atoms with Crippen LogP contribution in [0, 0.1) is 11.8 Å². The van der Waals surface area contributed by atoms with Gasteiger partial charge in [0.15, 0.2) is 0 Å². The fourth-order valence-electron chi connectivity index (χ4n) is 2.90. The maximum atomic E-state index is 10.4. The lowest BCUT2D eigenvalue weighted by Gasteiger charge is -2.35. The summed E-state index contributed by atoms with van der Waals surface area (Å²) >= 11 is 0. The van der Waals surface area contributed by atoms with E-state index in [1.165, 1.54) is 19.4 Å². The minimum Gasteiger partial charge on any atom is -0.465 e. The molecule has 2 fully saturated rings. The van der Waals surface area contributed by atoms with Crippen LogP contribution in [0.3, 0.4) is 0 Å². The van der Waals surface area contributed by atoms with Crippen molar-refractivity contribution < 1.29 is 14.6 Å². The van der Waals surface area contributed by atoms with Crippen molar-refractivity contribution in [3.05, 3.63) is 0 Å². The van der Waals surface area contributed by atoms with Crippen LogP contribution in [0.15, 0.2) is 0 Å². The molecule has 0 saturated carbocycles.